The second kappa shape index (κ2) is 14.9. The Kier molecular flexibility index (Phi) is 11.2. The molecule has 3 atom stereocenters. The Morgan fingerprint density at radius 1 is 1.18 bits per heavy atom. The summed E-state index contributed by atoms with van der Waals surface area (Å²) in [5, 5.41) is 2.72. The van der Waals surface area contributed by atoms with E-state index >= 15 is 0 Å². The quantitative estimate of drug-likeness (QED) is 0.139. The second-order valence-corrected chi connectivity index (χ2v) is 13.0. The van der Waals surface area contributed by atoms with Crippen LogP contribution in [0.15, 0.2) is 47.0 Å². The fourth-order valence-corrected chi connectivity index (χ4v) is 6.51. The van der Waals surface area contributed by atoms with Crippen LogP contribution in [-0.2, 0) is 28.2 Å². The van der Waals surface area contributed by atoms with Crippen LogP contribution in [-0.4, -0.2) is 57.3 Å². The van der Waals surface area contributed by atoms with Crippen molar-refractivity contribution in [2.45, 2.75) is 65.8 Å². The number of hydrogen-bond donors (Lipinski definition) is 3. The summed E-state index contributed by atoms with van der Waals surface area (Å²) in [7, 11) is -4.19. The minimum atomic E-state index is -4.19. The first kappa shape index (κ1) is 33.9. The number of nitrogens with zero attached hydrogens (tertiary/aromatic N) is 3. The number of rotatable bonds is 17. The van der Waals surface area contributed by atoms with Gasteiger partial charge in [-0.15, -0.1) is 0 Å². The van der Waals surface area contributed by atoms with Gasteiger partial charge in [-0.1, -0.05) is 44.9 Å². The smallest absolute Gasteiger partial charge is 0.459 e. The van der Waals surface area contributed by atoms with Gasteiger partial charge in [-0.25, -0.2) is 9.55 Å². The van der Waals surface area contributed by atoms with Crippen molar-refractivity contribution in [1.29, 1.82) is 0 Å². The molecular weight excluding hydrogens is 603 g/mol. The Morgan fingerprint density at radius 2 is 1.89 bits per heavy atom. The minimum absolute atomic E-state index is 0.0677. The number of nitrogens with one attached hydrogen (secondary N) is 2. The molecule has 3 aromatic rings. The number of hydrogen-bond acceptors (Lipinski definition) is 11. The zero-order valence-corrected chi connectivity index (χ0v) is 26.9. The van der Waals surface area contributed by atoms with Crippen molar-refractivity contribution in [1.82, 2.24) is 24.6 Å². The maximum Gasteiger partial charge on any atom is 0.459 e. The third-order valence-corrected chi connectivity index (χ3v) is 9.05. The molecule has 1 saturated carbocycles. The number of benzene rings is 1. The van der Waals surface area contributed by atoms with Crippen molar-refractivity contribution >= 4 is 43.0 Å². The molecule has 45 heavy (non-hydrogen) atoms. The summed E-state index contributed by atoms with van der Waals surface area (Å²) in [4.78, 5) is 47.6. The number of aromatic amines is 1. The molecule has 244 valence electrons. The van der Waals surface area contributed by atoms with Crippen LogP contribution in [0.4, 0.5) is 5.95 Å². The highest BCUT2D eigenvalue weighted by atomic mass is 31.2. The standard InChI is InChI=1S/C30H41N6O8P/c1-5-10-22(11-6-2)16-41-28(39)20(3)35-45(40,44-24-12-8-7-9-13-24)43-18-30(17-42-21(4)37)14-23(30)15-36-19-32-25-26(36)33-29(31)34-27(25)38/h7-9,12-13,15,19-20,22H,5-6,10-11,14,16-18H2,1-4H3,(H,35,40)(H3,31,33,34,38)/b23-15-/t20-,30+,45-/m0/s1. The molecule has 15 heteroatoms. The second-order valence-electron chi connectivity index (χ2n) is 11.3. The average Bonchev–Trinajstić information content (AvgIpc) is 3.53. The van der Waals surface area contributed by atoms with Crippen LogP contribution in [0.3, 0.4) is 0 Å². The number of ether oxygens (including phenoxy) is 2. The fraction of sp³-hybridized carbons (Fsp3) is 0.500. The van der Waals surface area contributed by atoms with Crippen molar-refractivity contribution in [3.05, 3.63) is 52.6 Å². The summed E-state index contributed by atoms with van der Waals surface area (Å²) in [5.41, 5.74) is 5.46. The van der Waals surface area contributed by atoms with Gasteiger partial charge in [-0.05, 0) is 49.8 Å². The Bertz CT molecular complexity index is 1620. The number of H-pyrrole nitrogens is 1. The van der Waals surface area contributed by atoms with E-state index in [1.165, 1.54) is 24.7 Å². The van der Waals surface area contributed by atoms with Crippen molar-refractivity contribution in [2.24, 2.45) is 11.3 Å². The molecule has 0 radical (unpaired) electrons. The number of carbonyl (C=O) groups is 2. The molecule has 2 heterocycles. The summed E-state index contributed by atoms with van der Waals surface area (Å²) in [6, 6.07) is 7.41. The van der Waals surface area contributed by atoms with Crippen LogP contribution >= 0.6 is 7.75 Å². The van der Waals surface area contributed by atoms with Crippen molar-refractivity contribution in [3.8, 4) is 5.75 Å². The summed E-state index contributed by atoms with van der Waals surface area (Å²) >= 11 is 0. The minimum Gasteiger partial charge on any atom is -0.465 e. The van der Waals surface area contributed by atoms with Gasteiger partial charge in [-0.2, -0.15) is 10.1 Å². The molecule has 1 aromatic carbocycles. The first-order valence-corrected chi connectivity index (χ1v) is 16.5. The molecule has 0 saturated heterocycles. The third-order valence-electron chi connectivity index (χ3n) is 7.42. The molecule has 4 N–H and O–H groups in total. The highest BCUT2D eigenvalue weighted by Crippen LogP contribution is 2.56. The predicted molar refractivity (Wildman–Crippen MR) is 168 cm³/mol. The van der Waals surface area contributed by atoms with E-state index < -0.39 is 36.7 Å². The molecule has 1 aliphatic rings. The van der Waals surface area contributed by atoms with Crippen LogP contribution in [0.2, 0.25) is 0 Å². The zero-order chi connectivity index (χ0) is 32.6. The Labute approximate surface area is 261 Å². The normalized spacial score (nSPS) is 18.9. The van der Waals surface area contributed by atoms with Gasteiger partial charge < -0.3 is 19.7 Å². The van der Waals surface area contributed by atoms with Crippen molar-refractivity contribution < 1.29 is 32.7 Å². The third kappa shape index (κ3) is 9.03. The van der Waals surface area contributed by atoms with Gasteiger partial charge in [0.15, 0.2) is 11.2 Å². The first-order valence-electron chi connectivity index (χ1n) is 15.0. The van der Waals surface area contributed by atoms with Gasteiger partial charge in [0.1, 0.15) is 24.7 Å². The SMILES string of the molecule is CCCC(CCC)COC(=O)[C@H](C)N[P@](=O)(OC[C@]1(COC(C)=O)C/C1=C/n1cnc2c(=O)[nH]c(N)nc21)Oc1ccccc1. The molecular formula is C30H41N6O8P. The highest BCUT2D eigenvalue weighted by Gasteiger charge is 2.52. The summed E-state index contributed by atoms with van der Waals surface area (Å²) in [6.45, 7) is 6.99. The predicted octanol–water partition coefficient (Wildman–Crippen LogP) is 4.44. The average molecular weight is 645 g/mol. The number of carbonyl (C=O) groups excluding carboxylic acids is 2. The number of anilines is 1. The highest BCUT2D eigenvalue weighted by molar-refractivity contribution is 7.52. The van der Waals surface area contributed by atoms with Crippen LogP contribution < -0.4 is 20.9 Å². The van der Waals surface area contributed by atoms with E-state index in [0.29, 0.717) is 6.42 Å². The van der Waals surface area contributed by atoms with Crippen LogP contribution in [0.1, 0.15) is 59.8 Å². The van der Waals surface area contributed by atoms with E-state index in [0.717, 1.165) is 31.3 Å². The zero-order valence-electron chi connectivity index (χ0n) is 26.0. The number of nitrogens with two attached hydrogens (primary N) is 1. The number of imidazole rings is 1. The first-order chi connectivity index (χ1) is 21.5. The summed E-state index contributed by atoms with van der Waals surface area (Å²) in [6.07, 6.45) is 7.35. The van der Waals surface area contributed by atoms with Crippen LogP contribution in [0, 0.1) is 11.3 Å². The lowest BCUT2D eigenvalue weighted by Gasteiger charge is -2.25. The lowest BCUT2D eigenvalue weighted by molar-refractivity contribution is -0.147. The Morgan fingerprint density at radius 3 is 2.56 bits per heavy atom. The van der Waals surface area contributed by atoms with Crippen molar-refractivity contribution in [2.75, 3.05) is 25.6 Å². The van der Waals surface area contributed by atoms with E-state index in [1.54, 1.807) is 36.5 Å². The summed E-state index contributed by atoms with van der Waals surface area (Å²) in [5.74, 6) is -0.639. The number of nitrogen functional groups attached to an aromatic ring is 1. The molecule has 14 nitrogen and oxygen atoms in total. The molecule has 1 fully saturated rings. The molecule has 4 rings (SSSR count). The molecule has 0 aliphatic heterocycles. The van der Waals surface area contributed by atoms with E-state index in [9.17, 15) is 18.9 Å². The van der Waals surface area contributed by atoms with Gasteiger partial charge in [0.2, 0.25) is 5.95 Å². The van der Waals surface area contributed by atoms with E-state index in [1.807, 2.05) is 0 Å². The molecule has 1 aliphatic carbocycles. The number of fused-ring (bicyclic) bond motifs is 1. The number of para-hydroxylation sites is 1. The van der Waals surface area contributed by atoms with Gasteiger partial charge in [0.05, 0.1) is 18.6 Å². The van der Waals surface area contributed by atoms with E-state index in [2.05, 4.69) is 33.9 Å². The summed E-state index contributed by atoms with van der Waals surface area (Å²) < 4.78 is 38.4. The van der Waals surface area contributed by atoms with E-state index in [-0.39, 0.29) is 48.6 Å². The molecule has 0 spiro atoms. The van der Waals surface area contributed by atoms with Crippen LogP contribution in [0.25, 0.3) is 17.4 Å². The maximum atomic E-state index is 14.2. The van der Waals surface area contributed by atoms with Gasteiger partial charge in [0.25, 0.3) is 5.56 Å². The van der Waals surface area contributed by atoms with E-state index in [4.69, 9.17) is 24.3 Å². The van der Waals surface area contributed by atoms with Crippen molar-refractivity contribution in [3.63, 3.8) is 0 Å². The molecule has 0 bridgehead atoms. The van der Waals surface area contributed by atoms with Crippen LogP contribution in [0.5, 0.6) is 5.75 Å². The largest absolute Gasteiger partial charge is 0.465 e. The van der Waals surface area contributed by atoms with Gasteiger partial charge >= 0.3 is 19.7 Å². The molecule has 0 amide bonds. The topological polar surface area (TPSA) is 190 Å². The molecule has 0 unspecified atom stereocenters. The number of esters is 2. The Hall–Kier alpha value is -4.00. The van der Waals surface area contributed by atoms with Gasteiger partial charge in [0, 0.05) is 13.1 Å². The Balaban J connectivity index is 1.54. The lowest BCUT2D eigenvalue weighted by atomic mass is 9.99. The monoisotopic (exact) mass is 644 g/mol. The fourth-order valence-electron chi connectivity index (χ4n) is 4.94. The number of aromatic nitrogens is 4. The lowest BCUT2D eigenvalue weighted by Crippen LogP contribution is -2.36. The maximum absolute atomic E-state index is 14.2. The molecule has 2 aromatic heterocycles. The van der Waals surface area contributed by atoms with Gasteiger partial charge in [-0.3, -0.25) is 28.5 Å².